The van der Waals surface area contributed by atoms with Gasteiger partial charge < -0.3 is 23.8 Å². The summed E-state index contributed by atoms with van der Waals surface area (Å²) in [6.45, 7) is 4.63. The zero-order chi connectivity index (χ0) is 44.9. The average Bonchev–Trinajstić information content (AvgIpc) is 3.22. The first-order chi connectivity index (χ1) is 29.6. The fourth-order valence-corrected chi connectivity index (χ4v) is 7.68. The van der Waals surface area contributed by atoms with Crippen LogP contribution in [-0.4, -0.2) is 80.6 Å². The van der Waals surface area contributed by atoms with Crippen LogP contribution in [0.15, 0.2) is 36.5 Å². The van der Waals surface area contributed by atoms with E-state index in [-0.39, 0.29) is 36.2 Å². The third kappa shape index (κ3) is 42.6. The quantitative estimate of drug-likeness (QED) is 0.0282. The average molecular weight is 861 g/mol. The number of ether oxygens (including phenoxy) is 3. The molecule has 8 nitrogen and oxygen atoms in total. The van der Waals surface area contributed by atoms with E-state index in [9.17, 15) is 19.5 Å². The number of allylic oxidation sites excluding steroid dienone is 6. The maximum absolute atomic E-state index is 12.8. The van der Waals surface area contributed by atoms with Crippen molar-refractivity contribution in [2.45, 2.75) is 244 Å². The van der Waals surface area contributed by atoms with Gasteiger partial charge in [-0.15, -0.1) is 0 Å². The molecule has 61 heavy (non-hydrogen) atoms. The molecule has 0 aliphatic carbocycles. The Kier molecular flexibility index (Phi) is 42.4. The van der Waals surface area contributed by atoms with Crippen molar-refractivity contribution in [2.24, 2.45) is 0 Å². The fourth-order valence-electron chi connectivity index (χ4n) is 7.68. The molecule has 0 heterocycles. The Bertz CT molecular complexity index is 1090. The number of nitrogens with zero attached hydrogens (tertiary/aromatic N) is 1. The predicted octanol–water partition coefficient (Wildman–Crippen LogP) is 14.6. The number of esters is 2. The maximum Gasteiger partial charge on any atom is 0.362 e. The summed E-state index contributed by atoms with van der Waals surface area (Å²) in [4.78, 5) is 37.1. The number of carbonyl (C=O) groups excluding carboxylic acids is 2. The van der Waals surface area contributed by atoms with Crippen molar-refractivity contribution in [3.05, 3.63) is 36.5 Å². The smallest absolute Gasteiger partial charge is 0.362 e. The molecule has 8 heteroatoms. The molecule has 0 fully saturated rings. The number of quaternary nitrogens is 1. The topological polar surface area (TPSA) is 99.1 Å². The molecule has 0 spiro atoms. The minimum absolute atomic E-state index is 0.0526. The Morgan fingerprint density at radius 3 is 1.34 bits per heavy atom. The lowest BCUT2D eigenvalue weighted by Gasteiger charge is -2.31. The Hall–Kier alpha value is -2.45. The molecular weight excluding hydrogens is 763 g/mol. The summed E-state index contributed by atoms with van der Waals surface area (Å²) >= 11 is 0. The molecule has 0 aliphatic heterocycles. The van der Waals surface area contributed by atoms with Crippen LogP contribution in [0.3, 0.4) is 0 Å². The SMILES string of the molecule is CC/C=C/C=C/C=C/CCCCCCCCCC(=O)OC(COCCC(C(=O)O)[N+](C)(C)C)COC(=O)CCCCCCCCCCCCCCCCCCCCCCCC. The lowest BCUT2D eigenvalue weighted by atomic mass is 10.0. The minimum Gasteiger partial charge on any atom is -0.477 e. The molecule has 0 amide bonds. The molecule has 0 aliphatic rings. The van der Waals surface area contributed by atoms with Gasteiger partial charge in [0.05, 0.1) is 34.4 Å². The summed E-state index contributed by atoms with van der Waals surface area (Å²) in [5.41, 5.74) is 0. The van der Waals surface area contributed by atoms with Crippen molar-refractivity contribution in [3.63, 3.8) is 0 Å². The van der Waals surface area contributed by atoms with Crippen molar-refractivity contribution in [3.8, 4) is 0 Å². The summed E-state index contributed by atoms with van der Waals surface area (Å²) in [5.74, 6) is -1.47. The molecule has 0 rings (SSSR count). The van der Waals surface area contributed by atoms with Gasteiger partial charge in [-0.3, -0.25) is 9.59 Å². The molecule has 0 aromatic heterocycles. The molecule has 356 valence electrons. The van der Waals surface area contributed by atoms with Crippen molar-refractivity contribution >= 4 is 17.9 Å². The molecule has 0 saturated heterocycles. The van der Waals surface area contributed by atoms with E-state index in [1.54, 1.807) is 0 Å². The number of carboxylic acid groups (broad SMARTS) is 1. The van der Waals surface area contributed by atoms with Gasteiger partial charge in [-0.1, -0.05) is 217 Å². The highest BCUT2D eigenvalue weighted by Gasteiger charge is 2.31. The van der Waals surface area contributed by atoms with Gasteiger partial charge in [0.2, 0.25) is 0 Å². The number of unbranched alkanes of at least 4 members (excludes halogenated alkanes) is 28. The first kappa shape index (κ1) is 58.6. The third-order valence-electron chi connectivity index (χ3n) is 11.6. The molecule has 0 aromatic carbocycles. The second-order valence-corrected chi connectivity index (χ2v) is 18.5. The normalized spacial score (nSPS) is 13.1. The van der Waals surface area contributed by atoms with Crippen LogP contribution in [-0.2, 0) is 28.6 Å². The van der Waals surface area contributed by atoms with Crippen molar-refractivity contribution < 1.29 is 38.2 Å². The third-order valence-corrected chi connectivity index (χ3v) is 11.6. The predicted molar refractivity (Wildman–Crippen MR) is 257 cm³/mol. The van der Waals surface area contributed by atoms with Crippen molar-refractivity contribution in [2.75, 3.05) is 41.0 Å². The molecule has 0 saturated carbocycles. The molecule has 2 unspecified atom stereocenters. The van der Waals surface area contributed by atoms with Gasteiger partial charge in [0, 0.05) is 19.3 Å². The van der Waals surface area contributed by atoms with E-state index in [4.69, 9.17) is 14.2 Å². The second kappa shape index (κ2) is 44.2. The summed E-state index contributed by atoms with van der Waals surface area (Å²) in [6, 6.07) is -0.616. The lowest BCUT2D eigenvalue weighted by molar-refractivity contribution is -0.887. The zero-order valence-corrected chi connectivity index (χ0v) is 40.6. The summed E-state index contributed by atoms with van der Waals surface area (Å²) < 4.78 is 17.3. The number of hydrogen-bond donors (Lipinski definition) is 1. The van der Waals surface area contributed by atoms with Gasteiger partial charge in [-0.25, -0.2) is 4.79 Å². The van der Waals surface area contributed by atoms with E-state index >= 15 is 0 Å². The van der Waals surface area contributed by atoms with Crippen molar-refractivity contribution in [1.82, 2.24) is 0 Å². The molecule has 0 bridgehead atoms. The van der Waals surface area contributed by atoms with Gasteiger partial charge >= 0.3 is 17.9 Å². The number of aliphatic carboxylic acids is 1. The van der Waals surface area contributed by atoms with E-state index in [2.05, 4.69) is 50.3 Å². The van der Waals surface area contributed by atoms with Gasteiger partial charge in [0.1, 0.15) is 6.61 Å². The number of rotatable bonds is 46. The first-order valence-electron chi connectivity index (χ1n) is 25.6. The van der Waals surface area contributed by atoms with E-state index in [0.717, 1.165) is 57.8 Å². The summed E-state index contributed by atoms with van der Waals surface area (Å²) in [6.07, 6.45) is 52.0. The summed E-state index contributed by atoms with van der Waals surface area (Å²) in [7, 11) is 5.53. The zero-order valence-electron chi connectivity index (χ0n) is 40.6. The fraction of sp³-hybridized carbons (Fsp3) is 0.830. The number of carboxylic acids is 1. The highest BCUT2D eigenvalue weighted by Crippen LogP contribution is 2.17. The van der Waals surface area contributed by atoms with Crippen LogP contribution in [0.5, 0.6) is 0 Å². The maximum atomic E-state index is 12.8. The molecule has 0 aromatic rings. The Morgan fingerprint density at radius 2 is 0.918 bits per heavy atom. The van der Waals surface area contributed by atoms with E-state index in [1.807, 2.05) is 21.1 Å². The Labute approximate surface area is 376 Å². The van der Waals surface area contributed by atoms with Crippen LogP contribution in [0.1, 0.15) is 232 Å². The van der Waals surface area contributed by atoms with Gasteiger partial charge in [-0.2, -0.15) is 0 Å². The number of likely N-dealkylation sites (N-methyl/N-ethyl adjacent to an activating group) is 1. The molecule has 2 atom stereocenters. The number of hydrogen-bond acceptors (Lipinski definition) is 6. The van der Waals surface area contributed by atoms with Crippen LogP contribution in [0.25, 0.3) is 0 Å². The molecule has 0 radical (unpaired) electrons. The van der Waals surface area contributed by atoms with Gasteiger partial charge in [0.25, 0.3) is 0 Å². The second-order valence-electron chi connectivity index (χ2n) is 18.5. The van der Waals surface area contributed by atoms with Crippen molar-refractivity contribution in [1.29, 1.82) is 0 Å². The van der Waals surface area contributed by atoms with E-state index in [1.165, 1.54) is 141 Å². The first-order valence-corrected chi connectivity index (χ1v) is 25.6. The van der Waals surface area contributed by atoms with Crippen LogP contribution < -0.4 is 0 Å². The monoisotopic (exact) mass is 861 g/mol. The molecule has 1 N–H and O–H groups in total. The lowest BCUT2D eigenvalue weighted by Crippen LogP contribution is -2.50. The van der Waals surface area contributed by atoms with Crippen LogP contribution in [0.2, 0.25) is 0 Å². The number of carbonyl (C=O) groups is 3. The van der Waals surface area contributed by atoms with Crippen LogP contribution >= 0.6 is 0 Å². The highest BCUT2D eigenvalue weighted by molar-refractivity contribution is 5.72. The van der Waals surface area contributed by atoms with Crippen LogP contribution in [0, 0.1) is 0 Å². The minimum atomic E-state index is -0.875. The van der Waals surface area contributed by atoms with Gasteiger partial charge in [-0.05, 0) is 32.1 Å². The Balaban J connectivity index is 4.18. The van der Waals surface area contributed by atoms with E-state index in [0.29, 0.717) is 19.3 Å². The Morgan fingerprint density at radius 1 is 0.508 bits per heavy atom. The largest absolute Gasteiger partial charge is 0.477 e. The molecular formula is C53H98NO7+. The standard InChI is InChI=1S/C53H97NO7/c1-6-8-10-12-14-16-18-20-22-23-24-25-26-27-28-30-31-33-35-37-39-41-43-51(55)60-48-49(47-59-46-45-50(53(57)58)54(3,4)5)61-52(56)44-42-40-38-36-34-32-29-21-19-17-15-13-11-9-7-2/h9,11,13,15,17,19,49-50H,6-8,10,12,14,16,18,20-48H2,1-5H3/p+1/b11-9+,15-13+,19-17+. The van der Waals surface area contributed by atoms with Gasteiger partial charge in [0.15, 0.2) is 12.1 Å². The van der Waals surface area contributed by atoms with E-state index < -0.39 is 18.1 Å². The highest BCUT2D eigenvalue weighted by atomic mass is 16.6. The van der Waals surface area contributed by atoms with Crippen LogP contribution in [0.4, 0.5) is 0 Å². The summed E-state index contributed by atoms with van der Waals surface area (Å²) in [5, 5.41) is 9.64.